The van der Waals surface area contributed by atoms with E-state index in [1.54, 1.807) is 51.1 Å². The third-order valence-corrected chi connectivity index (χ3v) is 5.14. The van der Waals surface area contributed by atoms with Gasteiger partial charge >= 0.3 is 18.3 Å². The molecule has 0 fully saturated rings. The number of rotatable bonds is 8. The summed E-state index contributed by atoms with van der Waals surface area (Å²) in [6.07, 6.45) is -9.94. The second-order valence-corrected chi connectivity index (χ2v) is 9.32. The summed E-state index contributed by atoms with van der Waals surface area (Å²) in [4.78, 5) is 21.1. The Balaban J connectivity index is 1.92. The van der Waals surface area contributed by atoms with Crippen molar-refractivity contribution in [2.24, 2.45) is 0 Å². The number of pyridine rings is 1. The monoisotopic (exact) mass is 528 g/mol. The van der Waals surface area contributed by atoms with Crippen LogP contribution in [0.1, 0.15) is 43.2 Å². The minimum Gasteiger partial charge on any atom is -0.458 e. The largest absolute Gasteiger partial charge is 0.458 e. The molecule has 37 heavy (non-hydrogen) atoms. The number of carbonyl (C=O) groups is 1. The van der Waals surface area contributed by atoms with E-state index >= 15 is 0 Å². The number of benzene rings is 2. The molecule has 0 saturated heterocycles. The van der Waals surface area contributed by atoms with Gasteiger partial charge in [0.25, 0.3) is 0 Å². The number of hydrogen-bond donors (Lipinski definition) is 0. The van der Waals surface area contributed by atoms with Gasteiger partial charge in [0.1, 0.15) is 11.3 Å². The Morgan fingerprint density at radius 2 is 1.59 bits per heavy atom. The van der Waals surface area contributed by atoms with E-state index in [2.05, 4.69) is 4.98 Å². The summed E-state index contributed by atoms with van der Waals surface area (Å²) in [6, 6.07) is 12.8. The van der Waals surface area contributed by atoms with E-state index in [0.29, 0.717) is 6.07 Å². The van der Waals surface area contributed by atoms with Crippen molar-refractivity contribution in [2.45, 2.75) is 51.7 Å². The van der Waals surface area contributed by atoms with Crippen LogP contribution in [-0.4, -0.2) is 34.8 Å². The fourth-order valence-electron chi connectivity index (χ4n) is 3.64. The summed E-state index contributed by atoms with van der Waals surface area (Å²) >= 11 is 0. The fourth-order valence-corrected chi connectivity index (χ4v) is 3.64. The van der Waals surface area contributed by atoms with Crippen LogP contribution in [-0.2, 0) is 39.7 Å². The number of para-hydroxylation sites is 1. The zero-order valence-electron chi connectivity index (χ0n) is 20.4. The number of nitrogens with zero attached hydrogens (tertiary/aromatic N) is 2. The van der Waals surface area contributed by atoms with Gasteiger partial charge < -0.3 is 4.74 Å². The highest BCUT2D eigenvalue weighted by molar-refractivity contribution is 5.86. The molecule has 3 rings (SSSR count). The first kappa shape index (κ1) is 28.4. The summed E-state index contributed by atoms with van der Waals surface area (Å²) in [5, 5.41) is 1.32. The lowest BCUT2D eigenvalue weighted by atomic mass is 10.0. The molecule has 0 atom stereocenters. The molecule has 3 aromatic rings. The molecule has 0 aliphatic rings. The normalized spacial score (nSPS) is 12.8. The van der Waals surface area contributed by atoms with Crippen molar-refractivity contribution in [3.8, 4) is 0 Å². The van der Waals surface area contributed by atoms with Crippen molar-refractivity contribution >= 4 is 16.9 Å². The van der Waals surface area contributed by atoms with Gasteiger partial charge in [-0.05, 0) is 50.5 Å². The third-order valence-electron chi connectivity index (χ3n) is 5.14. The van der Waals surface area contributed by atoms with E-state index in [1.165, 1.54) is 11.1 Å². The molecule has 0 radical (unpaired) electrons. The van der Waals surface area contributed by atoms with Crippen LogP contribution in [0.5, 0.6) is 0 Å². The van der Waals surface area contributed by atoms with Crippen LogP contribution in [0.3, 0.4) is 0 Å². The Bertz CT molecular complexity index is 1220. The van der Waals surface area contributed by atoms with Crippen molar-refractivity contribution in [3.05, 3.63) is 77.0 Å². The van der Waals surface area contributed by atoms with Crippen LogP contribution >= 0.6 is 0 Å². The Morgan fingerprint density at radius 1 is 0.919 bits per heavy atom. The molecule has 0 aliphatic carbocycles. The first-order valence-electron chi connectivity index (χ1n) is 11.3. The molecule has 0 N–H and O–H groups in total. The topological polar surface area (TPSA) is 51.7 Å². The Labute approximate surface area is 209 Å². The molecule has 0 spiro atoms. The predicted octanol–water partition coefficient (Wildman–Crippen LogP) is 6.59. The molecule has 0 aliphatic heterocycles. The first-order valence-corrected chi connectivity index (χ1v) is 11.3. The fraction of sp³-hybridized carbons (Fsp3) is 0.385. The summed E-state index contributed by atoms with van der Waals surface area (Å²) in [6.45, 7) is 4.77. The zero-order valence-corrected chi connectivity index (χ0v) is 20.4. The molecule has 2 aromatic carbocycles. The number of hydroxylamine groups is 2. The minimum absolute atomic E-state index is 0.0161. The van der Waals surface area contributed by atoms with Crippen LogP contribution < -0.4 is 0 Å². The van der Waals surface area contributed by atoms with Gasteiger partial charge in [0.2, 0.25) is 0 Å². The van der Waals surface area contributed by atoms with Crippen LogP contribution in [0.2, 0.25) is 0 Å². The maximum Gasteiger partial charge on any atom is 0.433 e. The van der Waals surface area contributed by atoms with Gasteiger partial charge in [0.15, 0.2) is 6.61 Å². The number of aromatic nitrogens is 1. The zero-order chi connectivity index (χ0) is 27.4. The first-order chi connectivity index (χ1) is 17.1. The maximum absolute atomic E-state index is 13.5. The van der Waals surface area contributed by atoms with Crippen molar-refractivity contribution in [1.29, 1.82) is 0 Å². The molecular formula is C26H26F6N2O3. The predicted molar refractivity (Wildman–Crippen MR) is 124 cm³/mol. The number of hydrogen-bond acceptors (Lipinski definition) is 5. The molecule has 11 heteroatoms. The van der Waals surface area contributed by atoms with Crippen molar-refractivity contribution < 1.29 is 40.7 Å². The lowest BCUT2D eigenvalue weighted by molar-refractivity contribution is -0.195. The summed E-state index contributed by atoms with van der Waals surface area (Å²) in [5.41, 5.74) is -3.38. The van der Waals surface area contributed by atoms with Gasteiger partial charge in [-0.25, -0.2) is 9.78 Å². The standard InChI is InChI=1S/C26H26F6N2O3/c1-24(2,3)37-22(35)16-36-34(15-17-8-5-4-6-9-17)13-12-18-14-21(26(30,31)32)33-23-19(18)10-7-11-20(23)25(27,28)29/h4-11,14H,12-13,15-16H2,1-3H3. The Kier molecular flexibility index (Phi) is 8.49. The average molecular weight is 528 g/mol. The lowest BCUT2D eigenvalue weighted by Gasteiger charge is -2.24. The minimum atomic E-state index is -4.95. The lowest BCUT2D eigenvalue weighted by Crippen LogP contribution is -2.32. The van der Waals surface area contributed by atoms with Gasteiger partial charge in [-0.2, -0.15) is 31.4 Å². The average Bonchev–Trinajstić information content (AvgIpc) is 2.78. The second kappa shape index (κ2) is 11.1. The second-order valence-electron chi connectivity index (χ2n) is 9.32. The van der Waals surface area contributed by atoms with Crippen LogP contribution in [0.4, 0.5) is 26.3 Å². The van der Waals surface area contributed by atoms with E-state index < -0.39 is 47.3 Å². The number of esters is 1. The van der Waals surface area contributed by atoms with Crippen LogP contribution in [0.25, 0.3) is 10.9 Å². The van der Waals surface area contributed by atoms with E-state index in [-0.39, 0.29) is 30.5 Å². The highest BCUT2D eigenvalue weighted by Crippen LogP contribution is 2.37. The molecule has 0 bridgehead atoms. The van der Waals surface area contributed by atoms with E-state index in [9.17, 15) is 31.1 Å². The smallest absolute Gasteiger partial charge is 0.433 e. The summed E-state index contributed by atoms with van der Waals surface area (Å²) in [5.74, 6) is -0.644. The molecule has 5 nitrogen and oxygen atoms in total. The number of ether oxygens (including phenoxy) is 1. The van der Waals surface area contributed by atoms with Crippen LogP contribution in [0, 0.1) is 0 Å². The molecule has 200 valence electrons. The third kappa shape index (κ3) is 8.16. The number of alkyl halides is 6. The van der Waals surface area contributed by atoms with Crippen molar-refractivity contribution in [2.75, 3.05) is 13.2 Å². The van der Waals surface area contributed by atoms with Gasteiger partial charge in [-0.15, -0.1) is 0 Å². The van der Waals surface area contributed by atoms with E-state index in [4.69, 9.17) is 9.57 Å². The summed E-state index contributed by atoms with van der Waals surface area (Å²) < 4.78 is 86.4. The quantitative estimate of drug-likeness (QED) is 0.188. The van der Waals surface area contributed by atoms with E-state index in [1.807, 2.05) is 0 Å². The molecule has 0 saturated carbocycles. The van der Waals surface area contributed by atoms with E-state index in [0.717, 1.165) is 17.7 Å². The number of carbonyl (C=O) groups excluding carboxylic acids is 1. The molecule has 0 amide bonds. The molecule has 0 unspecified atom stereocenters. The van der Waals surface area contributed by atoms with Crippen LogP contribution in [0.15, 0.2) is 54.6 Å². The highest BCUT2D eigenvalue weighted by atomic mass is 19.4. The number of fused-ring (bicyclic) bond motifs is 1. The molecular weight excluding hydrogens is 502 g/mol. The van der Waals surface area contributed by atoms with Gasteiger partial charge in [-0.3, -0.25) is 4.84 Å². The Hall–Kier alpha value is -3.18. The van der Waals surface area contributed by atoms with Gasteiger partial charge in [-0.1, -0.05) is 42.5 Å². The Morgan fingerprint density at radius 3 is 2.19 bits per heavy atom. The van der Waals surface area contributed by atoms with Gasteiger partial charge in [0.05, 0.1) is 11.1 Å². The van der Waals surface area contributed by atoms with Gasteiger partial charge in [0, 0.05) is 18.5 Å². The summed E-state index contributed by atoms with van der Waals surface area (Å²) in [7, 11) is 0. The maximum atomic E-state index is 13.5. The molecule has 1 heterocycles. The number of halogens is 6. The van der Waals surface area contributed by atoms with Crippen molar-refractivity contribution in [3.63, 3.8) is 0 Å². The molecule has 1 aromatic heterocycles. The highest BCUT2D eigenvalue weighted by Gasteiger charge is 2.37. The van der Waals surface area contributed by atoms with Crippen molar-refractivity contribution in [1.82, 2.24) is 10.0 Å². The SMILES string of the molecule is CC(C)(C)OC(=O)CON(CCc1cc(C(F)(F)F)nc2c(C(F)(F)F)cccc12)Cc1ccccc1.